The standard InChI is InChI=1S/C24H30Cl2N4O2/c1-3-15(2)21(27)23(31)28-18-9-7-16(8-10-18)17-11-13-30(14-12-17)24(32)29-22-19(25)5-4-6-20(22)26/h4-10,15,17,21H,3,11-14,27H2,1-2H3,(H,28,31)(H,29,32). The van der Waals surface area contributed by atoms with Crippen molar-refractivity contribution >= 4 is 46.5 Å². The molecule has 3 rings (SSSR count). The van der Waals surface area contributed by atoms with Crippen LogP contribution in [-0.4, -0.2) is 36.0 Å². The molecule has 2 aromatic carbocycles. The van der Waals surface area contributed by atoms with E-state index < -0.39 is 6.04 Å². The molecule has 2 atom stereocenters. The lowest BCUT2D eigenvalue weighted by molar-refractivity contribution is -0.118. The van der Waals surface area contributed by atoms with E-state index in [0.29, 0.717) is 34.7 Å². The lowest BCUT2D eigenvalue weighted by Crippen LogP contribution is -2.40. The van der Waals surface area contributed by atoms with Crippen molar-refractivity contribution < 1.29 is 9.59 Å². The Labute approximate surface area is 199 Å². The van der Waals surface area contributed by atoms with E-state index >= 15 is 0 Å². The second kappa shape index (κ2) is 11.0. The third kappa shape index (κ3) is 5.94. The number of benzene rings is 2. The van der Waals surface area contributed by atoms with Crippen molar-refractivity contribution in [3.8, 4) is 0 Å². The number of carbonyl (C=O) groups excluding carboxylic acids is 2. The normalized spacial score (nSPS) is 16.3. The largest absolute Gasteiger partial charge is 0.325 e. The molecule has 0 aromatic heterocycles. The molecule has 1 saturated heterocycles. The van der Waals surface area contributed by atoms with E-state index in [-0.39, 0.29) is 17.9 Å². The molecule has 1 aliphatic heterocycles. The zero-order valence-electron chi connectivity index (χ0n) is 18.4. The van der Waals surface area contributed by atoms with Gasteiger partial charge in [0, 0.05) is 18.8 Å². The van der Waals surface area contributed by atoms with Gasteiger partial charge in [0.2, 0.25) is 5.91 Å². The van der Waals surface area contributed by atoms with Crippen molar-refractivity contribution in [2.45, 2.75) is 45.1 Å². The molecule has 2 aromatic rings. The smallest absolute Gasteiger partial charge is 0.321 e. The molecule has 1 aliphatic rings. The zero-order valence-corrected chi connectivity index (χ0v) is 19.9. The van der Waals surface area contributed by atoms with E-state index in [9.17, 15) is 9.59 Å². The fourth-order valence-corrected chi connectivity index (χ4v) is 4.29. The van der Waals surface area contributed by atoms with Crippen LogP contribution in [-0.2, 0) is 4.79 Å². The average Bonchev–Trinajstić information content (AvgIpc) is 2.81. The third-order valence-corrected chi connectivity index (χ3v) is 6.82. The summed E-state index contributed by atoms with van der Waals surface area (Å²) in [6.45, 7) is 5.28. The Morgan fingerprint density at radius 1 is 1.06 bits per heavy atom. The number of carbonyl (C=O) groups is 2. The first-order chi connectivity index (χ1) is 15.3. The van der Waals surface area contributed by atoms with E-state index in [0.717, 1.165) is 24.9 Å². The minimum Gasteiger partial charge on any atom is -0.325 e. The Morgan fingerprint density at radius 3 is 2.22 bits per heavy atom. The minimum absolute atomic E-state index is 0.130. The van der Waals surface area contributed by atoms with E-state index in [1.54, 1.807) is 23.1 Å². The molecule has 3 amide bonds. The van der Waals surface area contributed by atoms with Gasteiger partial charge in [0.1, 0.15) is 0 Å². The minimum atomic E-state index is -0.518. The number of hydrogen-bond donors (Lipinski definition) is 3. The summed E-state index contributed by atoms with van der Waals surface area (Å²) in [5.41, 5.74) is 8.38. The van der Waals surface area contributed by atoms with E-state index in [1.807, 2.05) is 38.1 Å². The molecule has 1 fully saturated rings. The van der Waals surface area contributed by atoms with Gasteiger partial charge in [0.15, 0.2) is 0 Å². The average molecular weight is 477 g/mol. The fourth-order valence-electron chi connectivity index (χ4n) is 3.80. The fraction of sp³-hybridized carbons (Fsp3) is 0.417. The molecule has 2 unspecified atom stereocenters. The quantitative estimate of drug-likeness (QED) is 0.498. The lowest BCUT2D eigenvalue weighted by atomic mass is 9.89. The van der Waals surface area contributed by atoms with Gasteiger partial charge >= 0.3 is 6.03 Å². The number of piperidine rings is 1. The highest BCUT2D eigenvalue weighted by Gasteiger charge is 2.25. The maximum atomic E-state index is 12.6. The molecule has 0 saturated carbocycles. The van der Waals surface area contributed by atoms with Gasteiger partial charge in [-0.3, -0.25) is 4.79 Å². The second-order valence-corrected chi connectivity index (χ2v) is 9.13. The number of nitrogens with zero attached hydrogens (tertiary/aromatic N) is 1. The molecule has 0 bridgehead atoms. The number of nitrogens with two attached hydrogens (primary N) is 1. The monoisotopic (exact) mass is 476 g/mol. The second-order valence-electron chi connectivity index (χ2n) is 8.31. The summed E-state index contributed by atoms with van der Waals surface area (Å²) in [6.07, 6.45) is 2.57. The molecule has 0 spiro atoms. The summed E-state index contributed by atoms with van der Waals surface area (Å²) in [5.74, 6) is 0.325. The number of rotatable bonds is 6. The Hall–Kier alpha value is -2.28. The first-order valence-corrected chi connectivity index (χ1v) is 11.7. The van der Waals surface area contributed by atoms with Crippen LogP contribution in [0.1, 0.15) is 44.6 Å². The topological polar surface area (TPSA) is 87.5 Å². The number of likely N-dealkylation sites (tertiary alicyclic amines) is 1. The van der Waals surface area contributed by atoms with Crippen LogP contribution in [0, 0.1) is 5.92 Å². The number of anilines is 2. The van der Waals surface area contributed by atoms with Crippen LogP contribution in [0.4, 0.5) is 16.2 Å². The van der Waals surface area contributed by atoms with Crippen molar-refractivity contribution in [2.75, 3.05) is 23.7 Å². The van der Waals surface area contributed by atoms with Crippen LogP contribution in [0.5, 0.6) is 0 Å². The molecule has 6 nitrogen and oxygen atoms in total. The Bertz CT molecular complexity index is 923. The van der Waals surface area contributed by atoms with E-state index in [2.05, 4.69) is 10.6 Å². The summed E-state index contributed by atoms with van der Waals surface area (Å²) in [6, 6.07) is 12.3. The summed E-state index contributed by atoms with van der Waals surface area (Å²) >= 11 is 12.3. The van der Waals surface area contributed by atoms with Crippen molar-refractivity contribution in [3.63, 3.8) is 0 Å². The van der Waals surface area contributed by atoms with Gasteiger partial charge in [0.25, 0.3) is 0 Å². The third-order valence-electron chi connectivity index (χ3n) is 6.19. The van der Waals surface area contributed by atoms with Gasteiger partial charge < -0.3 is 21.3 Å². The van der Waals surface area contributed by atoms with Crippen molar-refractivity contribution in [1.82, 2.24) is 4.90 Å². The summed E-state index contributed by atoms with van der Waals surface area (Å²) < 4.78 is 0. The summed E-state index contributed by atoms with van der Waals surface area (Å²) in [7, 11) is 0. The maximum absolute atomic E-state index is 12.6. The Balaban J connectivity index is 1.53. The number of nitrogens with one attached hydrogen (secondary N) is 2. The molecule has 4 N–H and O–H groups in total. The molecule has 0 aliphatic carbocycles. The van der Waals surface area contributed by atoms with Crippen LogP contribution < -0.4 is 16.4 Å². The highest BCUT2D eigenvalue weighted by Crippen LogP contribution is 2.32. The Morgan fingerprint density at radius 2 is 1.66 bits per heavy atom. The summed E-state index contributed by atoms with van der Waals surface area (Å²) in [5, 5.41) is 6.55. The first-order valence-electron chi connectivity index (χ1n) is 11.0. The van der Waals surface area contributed by atoms with E-state index in [1.165, 1.54) is 5.56 Å². The number of halogens is 2. The van der Waals surface area contributed by atoms with Gasteiger partial charge in [-0.05, 0) is 54.5 Å². The van der Waals surface area contributed by atoms with Crippen LogP contribution in [0.3, 0.4) is 0 Å². The predicted octanol–water partition coefficient (Wildman–Crippen LogP) is 5.72. The van der Waals surface area contributed by atoms with Crippen molar-refractivity contribution in [2.24, 2.45) is 11.7 Å². The zero-order chi connectivity index (χ0) is 23.3. The molecule has 8 heteroatoms. The molecule has 1 heterocycles. The highest BCUT2D eigenvalue weighted by atomic mass is 35.5. The molecule has 172 valence electrons. The van der Waals surface area contributed by atoms with Crippen molar-refractivity contribution in [3.05, 3.63) is 58.1 Å². The Kier molecular flexibility index (Phi) is 8.40. The number of hydrogen-bond acceptors (Lipinski definition) is 3. The highest BCUT2D eigenvalue weighted by molar-refractivity contribution is 6.39. The first kappa shape index (κ1) is 24.4. The number of para-hydroxylation sites is 1. The van der Waals surface area contributed by atoms with Crippen LogP contribution in [0.2, 0.25) is 10.0 Å². The summed E-state index contributed by atoms with van der Waals surface area (Å²) in [4.78, 5) is 26.7. The SMILES string of the molecule is CCC(C)C(N)C(=O)Nc1ccc(C2CCN(C(=O)Nc3c(Cl)cccc3Cl)CC2)cc1. The van der Waals surface area contributed by atoms with Gasteiger partial charge in [-0.1, -0.05) is 61.7 Å². The van der Waals surface area contributed by atoms with Crippen LogP contribution >= 0.6 is 23.2 Å². The molecule has 0 radical (unpaired) electrons. The van der Waals surface area contributed by atoms with Crippen LogP contribution in [0.25, 0.3) is 0 Å². The van der Waals surface area contributed by atoms with Gasteiger partial charge in [-0.2, -0.15) is 0 Å². The lowest BCUT2D eigenvalue weighted by Gasteiger charge is -2.32. The molecular weight excluding hydrogens is 447 g/mol. The predicted molar refractivity (Wildman–Crippen MR) is 132 cm³/mol. The molecular formula is C24H30Cl2N4O2. The van der Waals surface area contributed by atoms with Gasteiger partial charge in [-0.25, -0.2) is 4.79 Å². The van der Waals surface area contributed by atoms with E-state index in [4.69, 9.17) is 28.9 Å². The van der Waals surface area contributed by atoms with Crippen molar-refractivity contribution in [1.29, 1.82) is 0 Å². The maximum Gasteiger partial charge on any atom is 0.321 e. The number of urea groups is 1. The van der Waals surface area contributed by atoms with Crippen LogP contribution in [0.15, 0.2) is 42.5 Å². The number of amides is 3. The van der Waals surface area contributed by atoms with Gasteiger partial charge in [-0.15, -0.1) is 0 Å². The van der Waals surface area contributed by atoms with Gasteiger partial charge in [0.05, 0.1) is 21.8 Å². The molecule has 32 heavy (non-hydrogen) atoms.